The number of hydrogen-bond acceptors (Lipinski definition) is 7. The second-order valence-electron chi connectivity index (χ2n) is 12.9. The van der Waals surface area contributed by atoms with Crippen molar-refractivity contribution in [3.05, 3.63) is 11.6 Å². The first-order valence-corrected chi connectivity index (χ1v) is 14.2. The van der Waals surface area contributed by atoms with E-state index in [2.05, 4.69) is 44.7 Å². The molecule has 0 N–H and O–H groups in total. The molecule has 0 aromatic carbocycles. The third kappa shape index (κ3) is 5.43. The third-order valence-corrected chi connectivity index (χ3v) is 9.79. The van der Waals surface area contributed by atoms with Crippen molar-refractivity contribution in [3.8, 4) is 6.07 Å². The molecule has 5 aliphatic rings. The maximum Gasteiger partial charge on any atom is 0.410 e. The Morgan fingerprint density at radius 1 is 1.19 bits per heavy atom. The highest BCUT2D eigenvalue weighted by molar-refractivity contribution is 5.69. The van der Waals surface area contributed by atoms with Gasteiger partial charge in [0.1, 0.15) is 23.4 Å². The Morgan fingerprint density at radius 3 is 2.49 bits per heavy atom. The number of nitrogens with zero attached hydrogens (tertiary/aromatic N) is 3. The number of rotatable bonds is 8. The van der Waals surface area contributed by atoms with Crippen molar-refractivity contribution in [1.29, 1.82) is 5.26 Å². The zero-order chi connectivity index (χ0) is 26.4. The van der Waals surface area contributed by atoms with E-state index >= 15 is 0 Å². The fourth-order valence-electron chi connectivity index (χ4n) is 6.92. The van der Waals surface area contributed by atoms with Gasteiger partial charge in [-0.25, -0.2) is 4.79 Å². The number of hydrogen-bond donors (Lipinski definition) is 0. The Morgan fingerprint density at radius 2 is 1.89 bits per heavy atom. The van der Waals surface area contributed by atoms with Gasteiger partial charge in [0.25, 0.3) is 0 Å². The lowest BCUT2D eigenvalue weighted by Crippen LogP contribution is -2.57. The number of likely N-dealkylation sites (tertiary alicyclic amines) is 2. The molecule has 1 unspecified atom stereocenters. The number of carbonyl (C=O) groups excluding carboxylic acids is 1. The van der Waals surface area contributed by atoms with Crippen LogP contribution in [0.1, 0.15) is 66.2 Å². The van der Waals surface area contributed by atoms with Crippen molar-refractivity contribution in [2.24, 2.45) is 17.3 Å². The van der Waals surface area contributed by atoms with E-state index < -0.39 is 0 Å². The molecule has 1 amide bonds. The van der Waals surface area contributed by atoms with Crippen LogP contribution in [-0.4, -0.2) is 91.8 Å². The molecule has 0 radical (unpaired) electrons. The van der Waals surface area contributed by atoms with Crippen LogP contribution in [0.15, 0.2) is 11.6 Å². The average Bonchev–Trinajstić information content (AvgIpc) is 3.76. The highest BCUT2D eigenvalue weighted by Gasteiger charge is 2.72. The highest BCUT2D eigenvalue weighted by Crippen LogP contribution is 2.59. The SMILES string of the molecule is CO[C@H]1C([C@@]2(C)O[C@@H]2CC=C(C)C)[C@]2(CC[C@H]1OC(=O)N1CC(CCN3CCC(C)(C#N)CC3)C1)CO2. The van der Waals surface area contributed by atoms with Gasteiger partial charge in [0.05, 0.1) is 30.1 Å². The van der Waals surface area contributed by atoms with E-state index in [0.29, 0.717) is 5.92 Å². The summed E-state index contributed by atoms with van der Waals surface area (Å²) in [5.74, 6) is 0.565. The maximum atomic E-state index is 13.0. The van der Waals surface area contributed by atoms with Crippen LogP contribution in [0.5, 0.6) is 0 Å². The first kappa shape index (κ1) is 26.9. The van der Waals surface area contributed by atoms with Crippen LogP contribution in [0.25, 0.3) is 0 Å². The second kappa shape index (κ2) is 10.1. The summed E-state index contributed by atoms with van der Waals surface area (Å²) in [6.07, 6.45) is 7.11. The minimum Gasteiger partial charge on any atom is -0.443 e. The minimum atomic E-state index is -0.324. The number of allylic oxidation sites excluding steroid dienone is 1. The molecule has 206 valence electrons. The van der Waals surface area contributed by atoms with Gasteiger partial charge in [0.2, 0.25) is 0 Å². The van der Waals surface area contributed by atoms with E-state index in [4.69, 9.17) is 18.9 Å². The van der Waals surface area contributed by atoms with Gasteiger partial charge in [0.15, 0.2) is 0 Å². The van der Waals surface area contributed by atoms with Gasteiger partial charge < -0.3 is 28.7 Å². The van der Waals surface area contributed by atoms with Crippen molar-refractivity contribution in [2.45, 2.75) is 95.7 Å². The highest BCUT2D eigenvalue weighted by atomic mass is 16.6. The van der Waals surface area contributed by atoms with Gasteiger partial charge in [-0.2, -0.15) is 5.26 Å². The number of methoxy groups -OCH3 is 1. The lowest BCUT2D eigenvalue weighted by atomic mass is 9.68. The van der Waals surface area contributed by atoms with Crippen molar-refractivity contribution in [3.63, 3.8) is 0 Å². The fraction of sp³-hybridized carbons (Fsp3) is 0.862. The van der Waals surface area contributed by atoms with E-state index in [-0.39, 0.29) is 46.9 Å². The summed E-state index contributed by atoms with van der Waals surface area (Å²) < 4.78 is 24.4. The zero-order valence-corrected chi connectivity index (χ0v) is 23.3. The average molecular weight is 516 g/mol. The van der Waals surface area contributed by atoms with E-state index in [1.54, 1.807) is 7.11 Å². The molecule has 1 saturated carbocycles. The summed E-state index contributed by atoms with van der Waals surface area (Å²) in [7, 11) is 1.72. The van der Waals surface area contributed by atoms with Gasteiger partial charge in [-0.1, -0.05) is 11.6 Å². The van der Waals surface area contributed by atoms with Crippen molar-refractivity contribution in [1.82, 2.24) is 9.80 Å². The van der Waals surface area contributed by atoms with E-state index in [1.807, 2.05) is 4.90 Å². The third-order valence-electron chi connectivity index (χ3n) is 9.79. The first-order chi connectivity index (χ1) is 17.6. The molecule has 1 aliphatic carbocycles. The van der Waals surface area contributed by atoms with Crippen LogP contribution >= 0.6 is 0 Å². The molecule has 37 heavy (non-hydrogen) atoms. The van der Waals surface area contributed by atoms with E-state index in [0.717, 1.165) is 77.9 Å². The van der Waals surface area contributed by atoms with Crippen molar-refractivity contribution < 1.29 is 23.7 Å². The molecule has 8 heteroatoms. The Hall–Kier alpha value is -1.66. The lowest BCUT2D eigenvalue weighted by Gasteiger charge is -2.45. The number of nitriles is 1. The zero-order valence-electron chi connectivity index (χ0n) is 23.3. The molecule has 4 heterocycles. The number of ether oxygens (including phenoxy) is 4. The van der Waals surface area contributed by atoms with Crippen LogP contribution in [0, 0.1) is 28.6 Å². The monoisotopic (exact) mass is 515 g/mol. The van der Waals surface area contributed by atoms with Crippen LogP contribution < -0.4 is 0 Å². The summed E-state index contributed by atoms with van der Waals surface area (Å²) >= 11 is 0. The fourth-order valence-corrected chi connectivity index (χ4v) is 6.92. The molecule has 6 atom stereocenters. The number of amides is 1. The Kier molecular flexibility index (Phi) is 7.38. The summed E-state index contributed by atoms with van der Waals surface area (Å²) in [4.78, 5) is 17.3. The Labute approximate surface area is 222 Å². The smallest absolute Gasteiger partial charge is 0.410 e. The summed E-state index contributed by atoms with van der Waals surface area (Å²) in [5.41, 5.74) is 0.598. The molecule has 1 spiro atoms. The number of piperidine rings is 1. The molecule has 4 aliphatic heterocycles. The molecule has 4 saturated heterocycles. The van der Waals surface area contributed by atoms with E-state index in [9.17, 15) is 10.1 Å². The minimum absolute atomic E-state index is 0.0451. The summed E-state index contributed by atoms with van der Waals surface area (Å²) in [6.45, 7) is 13.7. The Balaban J connectivity index is 1.10. The van der Waals surface area contributed by atoms with Gasteiger partial charge in [-0.05, 0) is 91.8 Å². The summed E-state index contributed by atoms with van der Waals surface area (Å²) in [6, 6.07) is 2.47. The lowest BCUT2D eigenvalue weighted by molar-refractivity contribution is -0.124. The van der Waals surface area contributed by atoms with Gasteiger partial charge in [-0.3, -0.25) is 0 Å². The van der Waals surface area contributed by atoms with E-state index in [1.165, 1.54) is 5.57 Å². The van der Waals surface area contributed by atoms with Crippen LogP contribution in [0.2, 0.25) is 0 Å². The maximum absolute atomic E-state index is 13.0. The predicted octanol–water partition coefficient (Wildman–Crippen LogP) is 4.15. The predicted molar refractivity (Wildman–Crippen MR) is 139 cm³/mol. The van der Waals surface area contributed by atoms with Crippen LogP contribution in [-0.2, 0) is 18.9 Å². The molecular weight excluding hydrogens is 470 g/mol. The normalized spacial score (nSPS) is 39.0. The van der Waals surface area contributed by atoms with Crippen molar-refractivity contribution >= 4 is 6.09 Å². The molecule has 0 aromatic heterocycles. The largest absolute Gasteiger partial charge is 0.443 e. The molecular formula is C29H45N3O5. The Bertz CT molecular complexity index is 924. The molecule has 8 nitrogen and oxygen atoms in total. The topological polar surface area (TPSA) is 90.9 Å². The molecule has 5 fully saturated rings. The van der Waals surface area contributed by atoms with Crippen molar-refractivity contribution in [2.75, 3.05) is 46.4 Å². The number of epoxide rings is 2. The quantitative estimate of drug-likeness (QED) is 0.354. The standard InChI is InChI=1S/C29H45N3O5/c1-20(2)6-7-23-28(4,37-23)25-24(34-5)22(8-10-29(25)19-35-29)36-26(33)32-16-21(17-32)9-13-31-14-11-27(3,18-30)12-15-31/h6,21-25H,7-17,19H2,1-5H3/t22-,23-,24-,25?,28+,29+/m1/s1. The second-order valence-corrected chi connectivity index (χ2v) is 12.9. The molecule has 0 bridgehead atoms. The van der Waals surface area contributed by atoms with Crippen LogP contribution in [0.4, 0.5) is 4.79 Å². The van der Waals surface area contributed by atoms with Gasteiger partial charge >= 0.3 is 6.09 Å². The summed E-state index contributed by atoms with van der Waals surface area (Å²) in [5, 5.41) is 9.33. The molecule has 5 rings (SSSR count). The molecule has 0 aromatic rings. The van der Waals surface area contributed by atoms with Gasteiger partial charge in [0, 0.05) is 20.2 Å². The van der Waals surface area contributed by atoms with Crippen LogP contribution in [0.3, 0.4) is 0 Å². The first-order valence-electron chi connectivity index (χ1n) is 14.2. The number of carbonyl (C=O) groups is 1. The van der Waals surface area contributed by atoms with Gasteiger partial charge in [-0.15, -0.1) is 0 Å².